The first-order valence-corrected chi connectivity index (χ1v) is 14.3. The second-order valence-electron chi connectivity index (χ2n) is 8.83. The lowest BCUT2D eigenvalue weighted by molar-refractivity contribution is -0.140. The van der Waals surface area contributed by atoms with E-state index in [1.165, 1.54) is 11.8 Å². The van der Waals surface area contributed by atoms with Gasteiger partial charge in [-0.2, -0.15) is 0 Å². The lowest BCUT2D eigenvalue weighted by Gasteiger charge is -2.33. The Balaban J connectivity index is 1.96. The summed E-state index contributed by atoms with van der Waals surface area (Å²) in [6.07, 6.45) is 1.09. The number of sulfonamides is 1. The first-order valence-electron chi connectivity index (χ1n) is 12.3. The highest BCUT2D eigenvalue weighted by Gasteiger charge is 2.33. The standard InChI is InChI=1S/C26H34ClN3O6S/c1-5-18(4)28-26(32)22(6-2)29(15-19-8-10-20(27)11-9-19)25(31)16-30(37(33,34)7-3)21-12-13-23-24(14-21)36-17-35-23/h8-14,18,22H,5-7,15-17H2,1-4H3,(H,28,32). The summed E-state index contributed by atoms with van der Waals surface area (Å²) in [6, 6.07) is 10.8. The van der Waals surface area contributed by atoms with Crippen LogP contribution in [0, 0.1) is 0 Å². The van der Waals surface area contributed by atoms with E-state index in [1.807, 2.05) is 20.8 Å². The molecule has 0 spiro atoms. The zero-order valence-electron chi connectivity index (χ0n) is 21.6. The lowest BCUT2D eigenvalue weighted by atomic mass is 10.1. The number of rotatable bonds is 12. The van der Waals surface area contributed by atoms with Crippen LogP contribution in [0.1, 0.15) is 46.1 Å². The van der Waals surface area contributed by atoms with Gasteiger partial charge in [0.25, 0.3) is 0 Å². The van der Waals surface area contributed by atoms with Gasteiger partial charge in [0, 0.05) is 23.7 Å². The fourth-order valence-electron chi connectivity index (χ4n) is 3.91. The monoisotopic (exact) mass is 551 g/mol. The van der Waals surface area contributed by atoms with Crippen molar-refractivity contribution in [2.24, 2.45) is 0 Å². The van der Waals surface area contributed by atoms with Gasteiger partial charge in [-0.05, 0) is 56.5 Å². The molecule has 0 radical (unpaired) electrons. The Hall–Kier alpha value is -2.98. The largest absolute Gasteiger partial charge is 0.454 e. The predicted molar refractivity (Wildman–Crippen MR) is 143 cm³/mol. The molecule has 1 aliphatic heterocycles. The fraction of sp³-hybridized carbons (Fsp3) is 0.462. The molecule has 0 fully saturated rings. The van der Waals surface area contributed by atoms with E-state index in [2.05, 4.69) is 5.32 Å². The van der Waals surface area contributed by atoms with Gasteiger partial charge in [-0.3, -0.25) is 13.9 Å². The van der Waals surface area contributed by atoms with Crippen LogP contribution in [-0.2, 0) is 26.2 Å². The summed E-state index contributed by atoms with van der Waals surface area (Å²) in [6.45, 7) is 6.87. The summed E-state index contributed by atoms with van der Waals surface area (Å²) in [4.78, 5) is 28.4. The molecule has 11 heteroatoms. The van der Waals surface area contributed by atoms with E-state index in [-0.39, 0.29) is 36.7 Å². The van der Waals surface area contributed by atoms with Crippen molar-refractivity contribution in [1.82, 2.24) is 10.2 Å². The Kier molecular flexibility index (Phi) is 9.67. The number of carbonyl (C=O) groups is 2. The Bertz CT molecular complexity index is 1210. The highest BCUT2D eigenvalue weighted by Crippen LogP contribution is 2.36. The number of amides is 2. The molecular formula is C26H34ClN3O6S. The van der Waals surface area contributed by atoms with Crippen molar-refractivity contribution in [3.05, 3.63) is 53.1 Å². The van der Waals surface area contributed by atoms with Crippen molar-refractivity contribution in [3.63, 3.8) is 0 Å². The van der Waals surface area contributed by atoms with E-state index in [9.17, 15) is 18.0 Å². The molecule has 0 saturated carbocycles. The Labute approximate surface area is 223 Å². The fourth-order valence-corrected chi connectivity index (χ4v) is 5.09. The van der Waals surface area contributed by atoms with Gasteiger partial charge in [0.15, 0.2) is 11.5 Å². The summed E-state index contributed by atoms with van der Waals surface area (Å²) in [5, 5.41) is 3.50. The molecule has 9 nitrogen and oxygen atoms in total. The first-order chi connectivity index (χ1) is 17.6. The quantitative estimate of drug-likeness (QED) is 0.428. The van der Waals surface area contributed by atoms with Gasteiger partial charge in [0.1, 0.15) is 12.6 Å². The van der Waals surface area contributed by atoms with Crippen LogP contribution in [0.2, 0.25) is 5.02 Å². The van der Waals surface area contributed by atoms with Gasteiger partial charge in [0.2, 0.25) is 28.6 Å². The number of halogens is 1. The van der Waals surface area contributed by atoms with Crippen LogP contribution >= 0.6 is 11.6 Å². The number of nitrogens with zero attached hydrogens (tertiary/aromatic N) is 2. The van der Waals surface area contributed by atoms with E-state index in [0.29, 0.717) is 22.9 Å². The van der Waals surface area contributed by atoms with Crippen LogP contribution < -0.4 is 19.1 Å². The highest BCUT2D eigenvalue weighted by molar-refractivity contribution is 7.92. The molecule has 3 rings (SSSR count). The van der Waals surface area contributed by atoms with Gasteiger partial charge in [-0.25, -0.2) is 8.42 Å². The van der Waals surface area contributed by atoms with E-state index in [4.69, 9.17) is 21.1 Å². The number of hydrogen-bond acceptors (Lipinski definition) is 6. The Morgan fingerprint density at radius 2 is 1.70 bits per heavy atom. The van der Waals surface area contributed by atoms with Crippen molar-refractivity contribution >= 4 is 39.1 Å². The number of fused-ring (bicyclic) bond motifs is 1. The molecule has 0 aromatic heterocycles. The lowest BCUT2D eigenvalue weighted by Crippen LogP contribution is -2.53. The van der Waals surface area contributed by atoms with Gasteiger partial charge in [-0.1, -0.05) is 37.6 Å². The maximum atomic E-state index is 13.8. The molecule has 1 N–H and O–H groups in total. The average molecular weight is 552 g/mol. The SMILES string of the molecule is CCC(C)NC(=O)C(CC)N(Cc1ccc(Cl)cc1)C(=O)CN(c1ccc2c(c1)OCO2)S(=O)(=O)CC. The van der Waals surface area contributed by atoms with Crippen LogP contribution in [0.4, 0.5) is 5.69 Å². The minimum atomic E-state index is -3.84. The second kappa shape index (κ2) is 12.5. The number of anilines is 1. The maximum Gasteiger partial charge on any atom is 0.244 e. The molecule has 0 aliphatic carbocycles. The van der Waals surface area contributed by atoms with E-state index < -0.39 is 28.5 Å². The first kappa shape index (κ1) is 28.6. The third kappa shape index (κ3) is 7.07. The van der Waals surface area contributed by atoms with Crippen LogP contribution in [0.3, 0.4) is 0 Å². The number of ether oxygens (including phenoxy) is 2. The number of carbonyl (C=O) groups excluding carboxylic acids is 2. The number of hydrogen-bond donors (Lipinski definition) is 1. The van der Waals surface area contributed by atoms with Crippen molar-refractivity contribution in [2.75, 3.05) is 23.4 Å². The molecule has 1 aliphatic rings. The van der Waals surface area contributed by atoms with E-state index >= 15 is 0 Å². The molecule has 2 unspecified atom stereocenters. The summed E-state index contributed by atoms with van der Waals surface area (Å²) >= 11 is 6.03. The molecule has 37 heavy (non-hydrogen) atoms. The Morgan fingerprint density at radius 3 is 2.32 bits per heavy atom. The molecule has 2 aromatic carbocycles. The molecule has 0 saturated heterocycles. The van der Waals surface area contributed by atoms with Gasteiger partial charge in [0.05, 0.1) is 11.4 Å². The minimum Gasteiger partial charge on any atom is -0.454 e. The second-order valence-corrected chi connectivity index (χ2v) is 11.5. The maximum absolute atomic E-state index is 13.8. The van der Waals surface area contributed by atoms with Crippen molar-refractivity contribution in [1.29, 1.82) is 0 Å². The molecule has 0 bridgehead atoms. The van der Waals surface area contributed by atoms with Crippen LogP contribution in [0.5, 0.6) is 11.5 Å². The topological polar surface area (TPSA) is 105 Å². The third-order valence-electron chi connectivity index (χ3n) is 6.28. The summed E-state index contributed by atoms with van der Waals surface area (Å²) in [5.41, 5.74) is 1.04. The molecule has 1 heterocycles. The third-order valence-corrected chi connectivity index (χ3v) is 8.27. The summed E-state index contributed by atoms with van der Waals surface area (Å²) in [5.74, 6) is -0.0972. The molecule has 2 aromatic rings. The zero-order chi connectivity index (χ0) is 27.2. The average Bonchev–Trinajstić information content (AvgIpc) is 3.36. The smallest absolute Gasteiger partial charge is 0.244 e. The molecule has 2 amide bonds. The predicted octanol–water partition coefficient (Wildman–Crippen LogP) is 3.95. The summed E-state index contributed by atoms with van der Waals surface area (Å²) in [7, 11) is -3.84. The number of benzene rings is 2. The van der Waals surface area contributed by atoms with E-state index in [0.717, 1.165) is 16.3 Å². The highest BCUT2D eigenvalue weighted by atomic mass is 35.5. The van der Waals surface area contributed by atoms with Crippen molar-refractivity contribution in [3.8, 4) is 11.5 Å². The minimum absolute atomic E-state index is 0.0383. The molecular weight excluding hydrogens is 518 g/mol. The van der Waals surface area contributed by atoms with Crippen LogP contribution in [0.25, 0.3) is 0 Å². The summed E-state index contributed by atoms with van der Waals surface area (Å²) < 4.78 is 38.0. The van der Waals surface area contributed by atoms with Crippen molar-refractivity contribution in [2.45, 2.75) is 59.2 Å². The van der Waals surface area contributed by atoms with E-state index in [1.54, 1.807) is 42.5 Å². The molecule has 202 valence electrons. The van der Waals surface area contributed by atoms with Crippen molar-refractivity contribution < 1.29 is 27.5 Å². The van der Waals surface area contributed by atoms with Gasteiger partial charge < -0.3 is 19.7 Å². The Morgan fingerprint density at radius 1 is 1.03 bits per heavy atom. The van der Waals surface area contributed by atoms with Crippen LogP contribution in [0.15, 0.2) is 42.5 Å². The normalized spacial score (nSPS) is 14.1. The molecule has 2 atom stereocenters. The van der Waals surface area contributed by atoms with Crippen LogP contribution in [-0.4, -0.2) is 56.3 Å². The number of nitrogens with one attached hydrogen (secondary N) is 1. The van der Waals surface area contributed by atoms with Gasteiger partial charge >= 0.3 is 0 Å². The zero-order valence-corrected chi connectivity index (χ0v) is 23.1. The van der Waals surface area contributed by atoms with Gasteiger partial charge in [-0.15, -0.1) is 0 Å².